The van der Waals surface area contributed by atoms with Crippen LogP contribution in [-0.2, 0) is 0 Å². The van der Waals surface area contributed by atoms with Crippen LogP contribution in [0.1, 0.15) is 19.3 Å². The Kier molecular flexibility index (Phi) is 4.20. The minimum atomic E-state index is 0.595. The highest BCUT2D eigenvalue weighted by atomic mass is 16.5. The molecule has 1 aromatic rings. The van der Waals surface area contributed by atoms with E-state index in [1.54, 1.807) is 13.3 Å². The van der Waals surface area contributed by atoms with Gasteiger partial charge in [0.15, 0.2) is 0 Å². The smallest absolute Gasteiger partial charge is 0.137 e. The molecule has 0 radical (unpaired) electrons. The fourth-order valence-corrected chi connectivity index (χ4v) is 2.22. The predicted octanol–water partition coefficient (Wildman–Crippen LogP) is 1.67. The van der Waals surface area contributed by atoms with Crippen molar-refractivity contribution in [1.82, 2.24) is 10.3 Å². The summed E-state index contributed by atoms with van der Waals surface area (Å²) in [7, 11) is 3.75. The summed E-state index contributed by atoms with van der Waals surface area (Å²) in [5.41, 5.74) is 0. The lowest BCUT2D eigenvalue weighted by Crippen LogP contribution is -2.42. The Morgan fingerprint density at radius 2 is 2.35 bits per heavy atom. The lowest BCUT2D eigenvalue weighted by Gasteiger charge is -2.28. The topological polar surface area (TPSA) is 37.4 Å². The van der Waals surface area contributed by atoms with Crippen molar-refractivity contribution in [3.8, 4) is 5.75 Å². The highest BCUT2D eigenvalue weighted by Crippen LogP contribution is 2.16. The van der Waals surface area contributed by atoms with Crippen LogP contribution in [0.15, 0.2) is 18.3 Å². The number of aromatic nitrogens is 1. The molecular weight excluding hydrogens is 214 g/mol. The SMILES string of the molecule is COc1ccc(N(C)CC2CCCCN2)nc1. The third-order valence-corrected chi connectivity index (χ3v) is 3.25. The predicted molar refractivity (Wildman–Crippen MR) is 69.7 cm³/mol. The van der Waals surface area contributed by atoms with Crippen molar-refractivity contribution in [3.05, 3.63) is 18.3 Å². The summed E-state index contributed by atoms with van der Waals surface area (Å²) >= 11 is 0. The first-order chi connectivity index (χ1) is 8.29. The van der Waals surface area contributed by atoms with E-state index in [1.807, 2.05) is 12.1 Å². The van der Waals surface area contributed by atoms with Gasteiger partial charge in [-0.15, -0.1) is 0 Å². The van der Waals surface area contributed by atoms with E-state index in [9.17, 15) is 0 Å². The zero-order chi connectivity index (χ0) is 12.1. The molecule has 1 aliphatic rings. The Bertz CT molecular complexity index is 333. The van der Waals surface area contributed by atoms with Crippen molar-refractivity contribution < 1.29 is 4.74 Å². The summed E-state index contributed by atoms with van der Waals surface area (Å²) in [6.45, 7) is 2.16. The monoisotopic (exact) mass is 235 g/mol. The van der Waals surface area contributed by atoms with Crippen molar-refractivity contribution in [1.29, 1.82) is 0 Å². The minimum absolute atomic E-state index is 0.595. The van der Waals surface area contributed by atoms with Crippen LogP contribution >= 0.6 is 0 Å². The zero-order valence-corrected chi connectivity index (χ0v) is 10.6. The fourth-order valence-electron chi connectivity index (χ4n) is 2.22. The van der Waals surface area contributed by atoms with Crippen LogP contribution in [0, 0.1) is 0 Å². The standard InChI is InChI=1S/C13H21N3O/c1-16(10-11-5-3-4-8-14-11)13-7-6-12(17-2)9-15-13/h6-7,9,11,14H,3-5,8,10H2,1-2H3. The number of ether oxygens (including phenoxy) is 1. The van der Waals surface area contributed by atoms with Gasteiger partial charge in [-0.2, -0.15) is 0 Å². The van der Waals surface area contributed by atoms with Gasteiger partial charge in [-0.1, -0.05) is 6.42 Å². The first-order valence-corrected chi connectivity index (χ1v) is 6.24. The fraction of sp³-hybridized carbons (Fsp3) is 0.615. The van der Waals surface area contributed by atoms with E-state index >= 15 is 0 Å². The van der Waals surface area contributed by atoms with Crippen LogP contribution in [-0.4, -0.2) is 38.3 Å². The number of methoxy groups -OCH3 is 1. The van der Waals surface area contributed by atoms with Crippen molar-refractivity contribution >= 4 is 5.82 Å². The minimum Gasteiger partial charge on any atom is -0.495 e. The second-order valence-corrected chi connectivity index (χ2v) is 4.58. The summed E-state index contributed by atoms with van der Waals surface area (Å²) in [6, 6.07) is 4.55. The van der Waals surface area contributed by atoms with Gasteiger partial charge in [0.05, 0.1) is 13.3 Å². The number of likely N-dealkylation sites (N-methyl/N-ethyl adjacent to an activating group) is 1. The molecule has 2 heterocycles. The third-order valence-electron chi connectivity index (χ3n) is 3.25. The average molecular weight is 235 g/mol. The van der Waals surface area contributed by atoms with Gasteiger partial charge in [0.1, 0.15) is 11.6 Å². The van der Waals surface area contributed by atoms with Crippen molar-refractivity contribution in [2.45, 2.75) is 25.3 Å². The summed E-state index contributed by atoms with van der Waals surface area (Å²) < 4.78 is 5.11. The highest BCUT2D eigenvalue weighted by molar-refractivity contribution is 5.40. The van der Waals surface area contributed by atoms with Crippen molar-refractivity contribution in [3.63, 3.8) is 0 Å². The number of hydrogen-bond acceptors (Lipinski definition) is 4. The quantitative estimate of drug-likeness (QED) is 0.861. The molecule has 0 bridgehead atoms. The van der Waals surface area contributed by atoms with E-state index in [4.69, 9.17) is 4.74 Å². The number of hydrogen-bond donors (Lipinski definition) is 1. The Hall–Kier alpha value is -1.29. The van der Waals surface area contributed by atoms with Crippen LogP contribution in [0.4, 0.5) is 5.82 Å². The maximum absolute atomic E-state index is 5.11. The van der Waals surface area contributed by atoms with Crippen LogP contribution < -0.4 is 15.0 Å². The average Bonchev–Trinajstić information content (AvgIpc) is 2.40. The summed E-state index contributed by atoms with van der Waals surface area (Å²) in [6.07, 6.45) is 5.67. The van der Waals surface area contributed by atoms with Gasteiger partial charge in [0.2, 0.25) is 0 Å². The largest absolute Gasteiger partial charge is 0.495 e. The van der Waals surface area contributed by atoms with Crippen LogP contribution in [0.2, 0.25) is 0 Å². The lowest BCUT2D eigenvalue weighted by atomic mass is 10.0. The maximum atomic E-state index is 5.11. The van der Waals surface area contributed by atoms with Crippen LogP contribution in [0.3, 0.4) is 0 Å². The second kappa shape index (κ2) is 5.87. The molecule has 0 saturated carbocycles. The molecule has 0 spiro atoms. The number of nitrogens with zero attached hydrogens (tertiary/aromatic N) is 2. The molecule has 4 nitrogen and oxygen atoms in total. The Morgan fingerprint density at radius 1 is 1.47 bits per heavy atom. The number of nitrogens with one attached hydrogen (secondary N) is 1. The first-order valence-electron chi connectivity index (χ1n) is 6.24. The molecule has 1 N–H and O–H groups in total. The molecule has 17 heavy (non-hydrogen) atoms. The van der Waals surface area contributed by atoms with Gasteiger partial charge < -0.3 is 15.0 Å². The third kappa shape index (κ3) is 3.33. The van der Waals surface area contributed by atoms with Gasteiger partial charge >= 0.3 is 0 Å². The van der Waals surface area contributed by atoms with E-state index in [1.165, 1.54) is 19.3 Å². The van der Waals surface area contributed by atoms with Gasteiger partial charge in [0, 0.05) is 19.6 Å². The van der Waals surface area contributed by atoms with E-state index in [0.29, 0.717) is 6.04 Å². The van der Waals surface area contributed by atoms with Gasteiger partial charge in [-0.3, -0.25) is 0 Å². The molecule has 1 aromatic heterocycles. The maximum Gasteiger partial charge on any atom is 0.137 e. The molecule has 94 valence electrons. The molecule has 1 aliphatic heterocycles. The molecule has 0 aromatic carbocycles. The summed E-state index contributed by atoms with van der Waals surface area (Å²) in [5.74, 6) is 1.80. The molecule has 1 atom stereocenters. The van der Waals surface area contributed by atoms with Crippen LogP contribution in [0.5, 0.6) is 5.75 Å². The second-order valence-electron chi connectivity index (χ2n) is 4.58. The lowest BCUT2D eigenvalue weighted by molar-refractivity contribution is 0.402. The number of pyridine rings is 1. The molecule has 0 aliphatic carbocycles. The normalized spacial score (nSPS) is 20.0. The van der Waals surface area contributed by atoms with Crippen molar-refractivity contribution in [2.75, 3.05) is 32.1 Å². The Labute approximate surface area is 103 Å². The molecule has 1 fully saturated rings. The zero-order valence-electron chi connectivity index (χ0n) is 10.6. The Balaban J connectivity index is 1.91. The highest BCUT2D eigenvalue weighted by Gasteiger charge is 2.15. The summed E-state index contributed by atoms with van der Waals surface area (Å²) in [5, 5.41) is 3.55. The molecule has 4 heteroatoms. The molecule has 1 unspecified atom stereocenters. The van der Waals surface area contributed by atoms with Crippen LogP contribution in [0.25, 0.3) is 0 Å². The van der Waals surface area contributed by atoms with E-state index in [0.717, 1.165) is 24.7 Å². The molecule has 2 rings (SSSR count). The number of rotatable bonds is 4. The Morgan fingerprint density at radius 3 is 2.94 bits per heavy atom. The van der Waals surface area contributed by atoms with E-state index in [2.05, 4.69) is 22.2 Å². The van der Waals surface area contributed by atoms with Crippen molar-refractivity contribution in [2.24, 2.45) is 0 Å². The van der Waals surface area contributed by atoms with Gasteiger partial charge in [0.25, 0.3) is 0 Å². The first kappa shape index (κ1) is 12.2. The molecular formula is C13H21N3O. The van der Waals surface area contributed by atoms with Gasteiger partial charge in [-0.05, 0) is 31.5 Å². The van der Waals surface area contributed by atoms with E-state index in [-0.39, 0.29) is 0 Å². The number of piperidine rings is 1. The summed E-state index contributed by atoms with van der Waals surface area (Å²) in [4.78, 5) is 6.58. The number of anilines is 1. The van der Waals surface area contributed by atoms with Gasteiger partial charge in [-0.25, -0.2) is 4.98 Å². The molecule has 1 saturated heterocycles. The molecule has 0 amide bonds. The van der Waals surface area contributed by atoms with E-state index < -0.39 is 0 Å².